The summed E-state index contributed by atoms with van der Waals surface area (Å²) in [7, 11) is 0. The lowest BCUT2D eigenvalue weighted by molar-refractivity contribution is 0.0514. The van der Waals surface area contributed by atoms with E-state index in [2.05, 4.69) is 38.3 Å². The molecular formula is C19H38N2O2. The van der Waals surface area contributed by atoms with Gasteiger partial charge < -0.3 is 15.4 Å². The van der Waals surface area contributed by atoms with E-state index in [4.69, 9.17) is 4.74 Å². The molecule has 0 aromatic heterocycles. The summed E-state index contributed by atoms with van der Waals surface area (Å²) in [5.41, 5.74) is 0.0152. The fourth-order valence-corrected chi connectivity index (χ4v) is 3.26. The summed E-state index contributed by atoms with van der Waals surface area (Å²) in [6, 6.07) is 0.613. The summed E-state index contributed by atoms with van der Waals surface area (Å²) in [5.74, 6) is 0.946. The predicted molar refractivity (Wildman–Crippen MR) is 96.6 cm³/mol. The van der Waals surface area contributed by atoms with Crippen molar-refractivity contribution in [2.24, 2.45) is 17.3 Å². The zero-order valence-corrected chi connectivity index (χ0v) is 16.3. The summed E-state index contributed by atoms with van der Waals surface area (Å²) in [6.07, 6.45) is 4.85. The second-order valence-corrected chi connectivity index (χ2v) is 9.25. The monoisotopic (exact) mass is 326 g/mol. The third-order valence-electron chi connectivity index (χ3n) is 4.72. The molecule has 0 bridgehead atoms. The Bertz CT molecular complexity index is 372. The number of carbonyl (C=O) groups is 1. The molecule has 1 fully saturated rings. The van der Waals surface area contributed by atoms with Crippen molar-refractivity contribution < 1.29 is 9.53 Å². The van der Waals surface area contributed by atoms with Gasteiger partial charge in [-0.15, -0.1) is 0 Å². The molecule has 0 aromatic rings. The van der Waals surface area contributed by atoms with Crippen LogP contribution in [0.3, 0.4) is 0 Å². The van der Waals surface area contributed by atoms with E-state index >= 15 is 0 Å². The summed E-state index contributed by atoms with van der Waals surface area (Å²) < 4.78 is 5.32. The number of hydrogen-bond donors (Lipinski definition) is 2. The van der Waals surface area contributed by atoms with E-state index in [1.165, 1.54) is 25.7 Å². The number of ether oxygens (including phenoxy) is 1. The van der Waals surface area contributed by atoms with Crippen LogP contribution in [0.1, 0.15) is 74.1 Å². The lowest BCUT2D eigenvalue weighted by atomic mass is 9.75. The van der Waals surface area contributed by atoms with E-state index in [0.717, 1.165) is 6.54 Å². The Morgan fingerprint density at radius 1 is 1.26 bits per heavy atom. The second-order valence-electron chi connectivity index (χ2n) is 9.25. The number of hydrogen-bond acceptors (Lipinski definition) is 3. The fraction of sp³-hybridized carbons (Fsp3) is 0.947. The first-order valence-corrected chi connectivity index (χ1v) is 9.19. The van der Waals surface area contributed by atoms with Crippen LogP contribution in [0, 0.1) is 17.3 Å². The Morgan fingerprint density at radius 2 is 1.91 bits per heavy atom. The zero-order valence-electron chi connectivity index (χ0n) is 16.3. The molecule has 4 nitrogen and oxygen atoms in total. The summed E-state index contributed by atoms with van der Waals surface area (Å²) in [6.45, 7) is 16.4. The van der Waals surface area contributed by atoms with Crippen molar-refractivity contribution in [3.63, 3.8) is 0 Å². The van der Waals surface area contributed by atoms with Gasteiger partial charge in [-0.3, -0.25) is 0 Å². The molecule has 1 aliphatic carbocycles. The number of nitrogens with one attached hydrogen (secondary N) is 2. The summed E-state index contributed by atoms with van der Waals surface area (Å²) >= 11 is 0. The maximum absolute atomic E-state index is 11.8. The Labute approximate surface area is 143 Å². The minimum absolute atomic E-state index is 0.318. The van der Waals surface area contributed by atoms with E-state index in [1.54, 1.807) is 0 Å². The number of carbonyl (C=O) groups excluding carboxylic acids is 1. The molecule has 2 N–H and O–H groups in total. The van der Waals surface area contributed by atoms with Crippen LogP contribution < -0.4 is 10.6 Å². The fourth-order valence-electron chi connectivity index (χ4n) is 3.26. The van der Waals surface area contributed by atoms with Crippen molar-refractivity contribution in [2.45, 2.75) is 85.8 Å². The molecule has 2 unspecified atom stereocenters. The van der Waals surface area contributed by atoms with Crippen molar-refractivity contribution >= 4 is 6.09 Å². The lowest BCUT2D eigenvalue weighted by Gasteiger charge is -2.36. The smallest absolute Gasteiger partial charge is 0.407 e. The van der Waals surface area contributed by atoms with Crippen LogP contribution in [-0.4, -0.2) is 30.8 Å². The molecule has 0 radical (unpaired) electrons. The third kappa shape index (κ3) is 8.59. The van der Waals surface area contributed by atoms with Crippen LogP contribution in [0.25, 0.3) is 0 Å². The van der Waals surface area contributed by atoms with Gasteiger partial charge in [0.05, 0.1) is 0 Å². The first kappa shape index (κ1) is 20.3. The molecule has 0 heterocycles. The van der Waals surface area contributed by atoms with E-state index in [0.29, 0.717) is 29.8 Å². The van der Waals surface area contributed by atoms with E-state index in [9.17, 15) is 4.79 Å². The van der Waals surface area contributed by atoms with Gasteiger partial charge in [0.2, 0.25) is 0 Å². The van der Waals surface area contributed by atoms with Crippen LogP contribution in [0.5, 0.6) is 0 Å². The van der Waals surface area contributed by atoms with Gasteiger partial charge in [-0.05, 0) is 57.3 Å². The van der Waals surface area contributed by atoms with Gasteiger partial charge in [0.15, 0.2) is 0 Å². The maximum atomic E-state index is 11.8. The van der Waals surface area contributed by atoms with E-state index < -0.39 is 5.60 Å². The molecule has 1 aliphatic rings. The minimum Gasteiger partial charge on any atom is -0.444 e. The van der Waals surface area contributed by atoms with Gasteiger partial charge in [-0.25, -0.2) is 4.79 Å². The van der Waals surface area contributed by atoms with Crippen molar-refractivity contribution in [3.8, 4) is 0 Å². The number of rotatable bonds is 6. The van der Waals surface area contributed by atoms with Crippen molar-refractivity contribution in [2.75, 3.05) is 13.1 Å². The standard InChI is InChI=1S/C19H38N2O2/c1-14(2)15(13-21-17(22)23-18(3,4)5)12-20-16-9-8-10-19(6,7)11-16/h14-16,20H,8-13H2,1-7H3,(H,21,22). The molecule has 0 aromatic carbocycles. The largest absolute Gasteiger partial charge is 0.444 e. The van der Waals surface area contributed by atoms with E-state index in [1.807, 2.05) is 20.8 Å². The molecule has 0 spiro atoms. The Balaban J connectivity index is 2.39. The van der Waals surface area contributed by atoms with Gasteiger partial charge >= 0.3 is 6.09 Å². The molecule has 0 saturated heterocycles. The molecule has 1 saturated carbocycles. The zero-order chi connectivity index (χ0) is 17.7. The molecule has 23 heavy (non-hydrogen) atoms. The quantitative estimate of drug-likeness (QED) is 0.763. The van der Waals surface area contributed by atoms with Crippen LogP contribution in [0.15, 0.2) is 0 Å². The summed E-state index contributed by atoms with van der Waals surface area (Å²) in [5, 5.41) is 6.66. The molecular weight excluding hydrogens is 288 g/mol. The first-order valence-electron chi connectivity index (χ1n) is 9.19. The predicted octanol–water partition coefficient (Wildman–Crippen LogP) is 4.34. The van der Waals surface area contributed by atoms with Crippen molar-refractivity contribution in [1.29, 1.82) is 0 Å². The normalized spacial score (nSPS) is 22.7. The highest BCUT2D eigenvalue weighted by Crippen LogP contribution is 2.35. The average molecular weight is 327 g/mol. The summed E-state index contributed by atoms with van der Waals surface area (Å²) in [4.78, 5) is 11.8. The molecule has 0 aliphatic heterocycles. The minimum atomic E-state index is -0.441. The van der Waals surface area contributed by atoms with Gasteiger partial charge in [0, 0.05) is 19.1 Å². The average Bonchev–Trinajstić information content (AvgIpc) is 2.34. The Morgan fingerprint density at radius 3 is 2.43 bits per heavy atom. The Kier molecular flexibility index (Phi) is 7.37. The van der Waals surface area contributed by atoms with Crippen LogP contribution in [-0.2, 0) is 4.74 Å². The topological polar surface area (TPSA) is 50.4 Å². The van der Waals surface area contributed by atoms with Gasteiger partial charge in [0.25, 0.3) is 0 Å². The highest BCUT2D eigenvalue weighted by molar-refractivity contribution is 5.67. The molecule has 1 rings (SSSR count). The molecule has 2 atom stereocenters. The van der Waals surface area contributed by atoms with Gasteiger partial charge in [-0.2, -0.15) is 0 Å². The third-order valence-corrected chi connectivity index (χ3v) is 4.72. The van der Waals surface area contributed by atoms with Crippen molar-refractivity contribution in [1.82, 2.24) is 10.6 Å². The lowest BCUT2D eigenvalue weighted by Crippen LogP contribution is -2.44. The maximum Gasteiger partial charge on any atom is 0.407 e. The second kappa shape index (κ2) is 8.36. The van der Waals surface area contributed by atoms with Gasteiger partial charge in [0.1, 0.15) is 5.60 Å². The molecule has 4 heteroatoms. The highest BCUT2D eigenvalue weighted by atomic mass is 16.6. The van der Waals surface area contributed by atoms with Crippen LogP contribution >= 0.6 is 0 Å². The van der Waals surface area contributed by atoms with Gasteiger partial charge in [-0.1, -0.05) is 34.1 Å². The first-order chi connectivity index (χ1) is 10.5. The SMILES string of the molecule is CC(C)C(CNC(=O)OC(C)(C)C)CNC1CCCC(C)(C)C1. The molecule has 1 amide bonds. The molecule has 136 valence electrons. The van der Waals surface area contributed by atoms with E-state index in [-0.39, 0.29) is 6.09 Å². The Hall–Kier alpha value is -0.770. The van der Waals surface area contributed by atoms with Crippen LogP contribution in [0.2, 0.25) is 0 Å². The highest BCUT2D eigenvalue weighted by Gasteiger charge is 2.28. The van der Waals surface area contributed by atoms with Crippen LogP contribution in [0.4, 0.5) is 4.79 Å². The van der Waals surface area contributed by atoms with Crippen molar-refractivity contribution in [3.05, 3.63) is 0 Å². The number of amides is 1. The number of alkyl carbamates (subject to hydrolysis) is 1.